The Bertz CT molecular complexity index is 1620. The molecule has 0 amide bonds. The Hall–Kier alpha value is -4.04. The molecule has 11 N–H and O–H groups in total. The van der Waals surface area contributed by atoms with Crippen molar-refractivity contribution in [1.82, 2.24) is 0 Å². The van der Waals surface area contributed by atoms with Crippen LogP contribution in [0.25, 0.3) is 22.3 Å². The highest BCUT2D eigenvalue weighted by molar-refractivity contribution is 5.88. The Balaban J connectivity index is 1.59. The summed E-state index contributed by atoms with van der Waals surface area (Å²) in [6.07, 6.45) is -19.8. The number of aliphatic carboxylic acids is 1. The van der Waals surface area contributed by atoms with Gasteiger partial charge in [-0.3, -0.25) is 4.79 Å². The Morgan fingerprint density at radius 2 is 1.52 bits per heavy atom. The molecule has 10 atom stereocenters. The van der Waals surface area contributed by atoms with Gasteiger partial charge in [0.2, 0.25) is 0 Å². The molecule has 2 saturated heterocycles. The molecule has 2 aromatic carbocycles. The number of aliphatic hydroxyl groups excluding tert-OH is 6. The average Bonchev–Trinajstić information content (AvgIpc) is 2.97. The van der Waals surface area contributed by atoms with E-state index in [0.29, 0.717) is 0 Å². The van der Waals surface area contributed by atoms with Crippen LogP contribution in [0.3, 0.4) is 0 Å². The maximum atomic E-state index is 13.2. The van der Waals surface area contributed by atoms with Crippen molar-refractivity contribution in [1.29, 1.82) is 0 Å². The lowest BCUT2D eigenvalue weighted by Crippen LogP contribution is -2.63. The maximum Gasteiger partial charge on any atom is 0.335 e. The smallest absolute Gasteiger partial charge is 0.335 e. The van der Waals surface area contributed by atoms with Crippen LogP contribution in [0.5, 0.6) is 23.0 Å². The summed E-state index contributed by atoms with van der Waals surface area (Å²) < 4.78 is 21.9. The highest BCUT2D eigenvalue weighted by Gasteiger charge is 2.53. The fraction of sp³-hybridized carbons (Fsp3) is 0.407. The number of fused-ring (bicyclic) bond motifs is 1. The molecule has 2 aliphatic heterocycles. The number of benzene rings is 2. The van der Waals surface area contributed by atoms with Crippen molar-refractivity contribution in [3.05, 3.63) is 46.1 Å². The van der Waals surface area contributed by atoms with Crippen molar-refractivity contribution in [2.24, 2.45) is 0 Å². The van der Waals surface area contributed by atoms with Gasteiger partial charge in [0.15, 0.2) is 29.3 Å². The standard InChI is InChI=1S/C27H28O17/c28-6-14-17(33)20(36)24(43-27-22(38)19(35)21(37)25(44-27)26(39)40)23(42-14)16-11(32)5-13-15(18(16)34)10(31)4-12(41-13)7-1-2-8(29)9(30)3-7/h1-5,14,17,19-25,27-30,32-38H,6H2,(H,39,40)/t14-,17-,19+,20+,21-,22-,23+,24-,25+,27-/m1/s1. The van der Waals surface area contributed by atoms with Gasteiger partial charge in [0.25, 0.3) is 0 Å². The van der Waals surface area contributed by atoms with Gasteiger partial charge in [-0.2, -0.15) is 0 Å². The van der Waals surface area contributed by atoms with Gasteiger partial charge in [-0.05, 0) is 18.2 Å². The van der Waals surface area contributed by atoms with Crippen LogP contribution in [0, 0.1) is 0 Å². The van der Waals surface area contributed by atoms with E-state index >= 15 is 0 Å². The summed E-state index contributed by atoms with van der Waals surface area (Å²) in [4.78, 5) is 24.7. The number of phenols is 4. The number of rotatable bonds is 6. The summed E-state index contributed by atoms with van der Waals surface area (Å²) in [5.41, 5.74) is -1.70. The molecular weight excluding hydrogens is 596 g/mol. The second-order valence-electron chi connectivity index (χ2n) is 10.3. The van der Waals surface area contributed by atoms with E-state index in [4.69, 9.17) is 18.6 Å². The summed E-state index contributed by atoms with van der Waals surface area (Å²) in [7, 11) is 0. The molecule has 0 saturated carbocycles. The lowest BCUT2D eigenvalue weighted by atomic mass is 9.89. The number of aromatic hydroxyl groups is 4. The molecule has 238 valence electrons. The molecule has 5 rings (SSSR count). The van der Waals surface area contributed by atoms with Gasteiger partial charge in [0.05, 0.1) is 12.2 Å². The van der Waals surface area contributed by atoms with E-state index in [1.807, 2.05) is 0 Å². The number of carbonyl (C=O) groups is 1. The van der Waals surface area contributed by atoms with Gasteiger partial charge in [-0.15, -0.1) is 0 Å². The van der Waals surface area contributed by atoms with Gasteiger partial charge in [-0.1, -0.05) is 0 Å². The number of ether oxygens (including phenoxy) is 3. The van der Waals surface area contributed by atoms with Gasteiger partial charge in [0, 0.05) is 17.7 Å². The Labute approximate surface area is 245 Å². The topological polar surface area (TPSA) is 298 Å². The molecule has 0 bridgehead atoms. The monoisotopic (exact) mass is 624 g/mol. The van der Waals surface area contributed by atoms with E-state index in [-0.39, 0.29) is 16.9 Å². The predicted octanol–water partition coefficient (Wildman–Crippen LogP) is -2.29. The Morgan fingerprint density at radius 3 is 2.16 bits per heavy atom. The normalized spacial score (nSPS) is 32.5. The highest BCUT2D eigenvalue weighted by atomic mass is 16.7. The summed E-state index contributed by atoms with van der Waals surface area (Å²) in [5, 5.41) is 112. The molecule has 17 heteroatoms. The summed E-state index contributed by atoms with van der Waals surface area (Å²) >= 11 is 0. The second kappa shape index (κ2) is 11.8. The van der Waals surface area contributed by atoms with E-state index < -0.39 is 113 Å². The quantitative estimate of drug-likeness (QED) is 0.129. The molecule has 0 aliphatic carbocycles. The molecule has 44 heavy (non-hydrogen) atoms. The summed E-state index contributed by atoms with van der Waals surface area (Å²) in [6, 6.07) is 5.38. The first-order chi connectivity index (χ1) is 20.7. The number of hydrogen-bond donors (Lipinski definition) is 11. The first kappa shape index (κ1) is 31.4. The Morgan fingerprint density at radius 1 is 0.818 bits per heavy atom. The van der Waals surface area contributed by atoms with Crippen molar-refractivity contribution in [2.75, 3.05) is 6.61 Å². The minimum absolute atomic E-state index is 0.129. The average molecular weight is 625 g/mol. The number of hydrogen-bond acceptors (Lipinski definition) is 16. The van der Waals surface area contributed by atoms with E-state index in [0.717, 1.165) is 24.3 Å². The molecule has 1 aromatic heterocycles. The van der Waals surface area contributed by atoms with Crippen LogP contribution in [0.1, 0.15) is 11.7 Å². The van der Waals surface area contributed by atoms with E-state index in [1.54, 1.807) is 0 Å². The van der Waals surface area contributed by atoms with Crippen LogP contribution in [-0.4, -0.2) is 124 Å². The lowest BCUT2D eigenvalue weighted by Gasteiger charge is -2.46. The molecule has 2 aliphatic rings. The van der Waals surface area contributed by atoms with Crippen LogP contribution in [0.4, 0.5) is 0 Å². The molecule has 3 heterocycles. The third-order valence-corrected chi connectivity index (χ3v) is 7.53. The van der Waals surface area contributed by atoms with Crippen molar-refractivity contribution < 1.29 is 79.6 Å². The van der Waals surface area contributed by atoms with Crippen molar-refractivity contribution in [2.45, 2.75) is 61.2 Å². The van der Waals surface area contributed by atoms with Crippen molar-refractivity contribution in [3.63, 3.8) is 0 Å². The van der Waals surface area contributed by atoms with E-state index in [2.05, 4.69) is 0 Å². The molecule has 0 spiro atoms. The molecule has 0 radical (unpaired) electrons. The fourth-order valence-electron chi connectivity index (χ4n) is 5.20. The largest absolute Gasteiger partial charge is 0.507 e. The number of phenolic OH excluding ortho intramolecular Hbond substituents is 4. The zero-order chi connectivity index (χ0) is 32.2. The van der Waals surface area contributed by atoms with Crippen LogP contribution in [0.15, 0.2) is 39.5 Å². The zero-order valence-corrected chi connectivity index (χ0v) is 22.2. The summed E-state index contributed by atoms with van der Waals surface area (Å²) in [5.74, 6) is -4.59. The zero-order valence-electron chi connectivity index (χ0n) is 22.2. The summed E-state index contributed by atoms with van der Waals surface area (Å²) in [6.45, 7) is -0.893. The molecule has 0 unspecified atom stereocenters. The van der Waals surface area contributed by atoms with E-state index in [9.17, 15) is 65.8 Å². The predicted molar refractivity (Wildman–Crippen MR) is 140 cm³/mol. The second-order valence-corrected chi connectivity index (χ2v) is 10.3. The SMILES string of the molecule is O=C(O)[C@H]1O[C@@H](O[C@@H]2[C@@H](O)[C@H](O)[C@@H](CO)O[C@H]2c2c(O)cc3oc(-c4ccc(O)c(O)c4)cc(=O)c3c2O)[C@H](O)[C@@H](O)[C@H]1O. The number of carboxylic acid groups (broad SMARTS) is 1. The molecule has 3 aromatic rings. The maximum absolute atomic E-state index is 13.2. The minimum atomic E-state index is -2.11. The van der Waals surface area contributed by atoms with Gasteiger partial charge >= 0.3 is 5.97 Å². The molecular formula is C27H28O17. The van der Waals surface area contributed by atoms with Crippen LogP contribution in [0.2, 0.25) is 0 Å². The van der Waals surface area contributed by atoms with Gasteiger partial charge in [0.1, 0.15) is 77.1 Å². The third-order valence-electron chi connectivity index (χ3n) is 7.53. The Kier molecular flexibility index (Phi) is 8.42. The molecule has 2 fully saturated rings. The van der Waals surface area contributed by atoms with E-state index in [1.165, 1.54) is 6.07 Å². The van der Waals surface area contributed by atoms with Crippen LogP contribution < -0.4 is 5.43 Å². The fourth-order valence-corrected chi connectivity index (χ4v) is 5.20. The van der Waals surface area contributed by atoms with Gasteiger partial charge < -0.3 is 74.8 Å². The molecule has 17 nitrogen and oxygen atoms in total. The number of carboxylic acids is 1. The van der Waals surface area contributed by atoms with Crippen molar-refractivity contribution >= 4 is 16.9 Å². The lowest BCUT2D eigenvalue weighted by molar-refractivity contribution is -0.337. The first-order valence-corrected chi connectivity index (χ1v) is 13.0. The van der Waals surface area contributed by atoms with Crippen LogP contribution >= 0.6 is 0 Å². The highest BCUT2D eigenvalue weighted by Crippen LogP contribution is 2.46. The minimum Gasteiger partial charge on any atom is -0.507 e. The number of aliphatic hydroxyl groups is 6. The third kappa shape index (κ3) is 5.30. The first-order valence-electron chi connectivity index (χ1n) is 13.0. The van der Waals surface area contributed by atoms with Crippen LogP contribution in [-0.2, 0) is 19.0 Å². The van der Waals surface area contributed by atoms with Crippen molar-refractivity contribution in [3.8, 4) is 34.3 Å². The van der Waals surface area contributed by atoms with Gasteiger partial charge in [-0.25, -0.2) is 4.79 Å².